The summed E-state index contributed by atoms with van der Waals surface area (Å²) in [5.41, 5.74) is 13.0. The van der Waals surface area contributed by atoms with Crippen molar-refractivity contribution in [2.24, 2.45) is 0 Å². The highest BCUT2D eigenvalue weighted by Crippen LogP contribution is 2.34. The molecule has 1 heterocycles. The van der Waals surface area contributed by atoms with E-state index in [-0.39, 0.29) is 23.4 Å². The average Bonchev–Trinajstić information content (AvgIpc) is 3.36. The van der Waals surface area contributed by atoms with Crippen LogP contribution >= 0.6 is 0 Å². The molecule has 204 valence electrons. The van der Waals surface area contributed by atoms with Crippen LogP contribution < -0.4 is 21.5 Å². The van der Waals surface area contributed by atoms with Gasteiger partial charge in [0.2, 0.25) is 5.95 Å². The monoisotopic (exact) mass is 528 g/mol. The van der Waals surface area contributed by atoms with Gasteiger partial charge in [-0.25, -0.2) is 15.4 Å². The van der Waals surface area contributed by atoms with Gasteiger partial charge in [0.25, 0.3) is 11.8 Å². The normalized spacial score (nSPS) is 14.0. The van der Waals surface area contributed by atoms with Gasteiger partial charge in [-0.15, -0.1) is 0 Å². The third kappa shape index (κ3) is 6.31. The first-order chi connectivity index (χ1) is 18.9. The fourth-order valence-electron chi connectivity index (χ4n) is 5.16. The second kappa shape index (κ2) is 12.6. The van der Waals surface area contributed by atoms with Gasteiger partial charge < -0.3 is 10.6 Å². The average molecular weight is 529 g/mol. The number of rotatable bonds is 11. The summed E-state index contributed by atoms with van der Waals surface area (Å²) in [6.07, 6.45) is 5.41. The van der Waals surface area contributed by atoms with Crippen LogP contribution in [0.15, 0.2) is 36.4 Å². The quantitative estimate of drug-likeness (QED) is 0.219. The summed E-state index contributed by atoms with van der Waals surface area (Å²) in [6, 6.07) is 11.2. The summed E-state index contributed by atoms with van der Waals surface area (Å²) in [7, 11) is 1.65. The topological polar surface area (TPSA) is 125 Å². The number of anilines is 1. The van der Waals surface area contributed by atoms with Crippen molar-refractivity contribution in [3.05, 3.63) is 86.7 Å². The highest BCUT2D eigenvalue weighted by Gasteiger charge is 2.27. The van der Waals surface area contributed by atoms with E-state index in [9.17, 15) is 14.4 Å². The number of fused-ring (bicyclic) bond motifs is 1. The Morgan fingerprint density at radius 3 is 2.49 bits per heavy atom. The number of hydrogen-bond donors (Lipinski definition) is 4. The lowest BCUT2D eigenvalue weighted by atomic mass is 9.98. The molecule has 3 aromatic rings. The predicted octanol–water partition coefficient (Wildman–Crippen LogP) is 4.01. The van der Waals surface area contributed by atoms with Crippen LogP contribution in [0, 0.1) is 6.92 Å². The molecule has 1 atom stereocenters. The van der Waals surface area contributed by atoms with Crippen molar-refractivity contribution in [2.45, 2.75) is 65.5 Å². The number of aryl methyl sites for hydroxylation is 2. The van der Waals surface area contributed by atoms with Crippen molar-refractivity contribution in [1.82, 2.24) is 26.0 Å². The first-order valence-electron chi connectivity index (χ1n) is 13.5. The van der Waals surface area contributed by atoms with Crippen molar-refractivity contribution in [2.75, 3.05) is 12.5 Å². The smallest absolute Gasteiger partial charge is 0.270 e. The van der Waals surface area contributed by atoms with Crippen LogP contribution in [0.4, 0.5) is 5.95 Å². The Balaban J connectivity index is 1.50. The van der Waals surface area contributed by atoms with Gasteiger partial charge >= 0.3 is 0 Å². The van der Waals surface area contributed by atoms with E-state index in [1.165, 1.54) is 17.2 Å². The zero-order valence-corrected chi connectivity index (χ0v) is 23.0. The van der Waals surface area contributed by atoms with Crippen molar-refractivity contribution in [1.29, 1.82) is 0 Å². The van der Waals surface area contributed by atoms with Crippen molar-refractivity contribution >= 4 is 24.0 Å². The van der Waals surface area contributed by atoms with Gasteiger partial charge in [0, 0.05) is 25.2 Å². The third-order valence-electron chi connectivity index (χ3n) is 7.22. The molecule has 0 saturated carbocycles. The summed E-state index contributed by atoms with van der Waals surface area (Å²) < 4.78 is 0. The first kappa shape index (κ1) is 27.9. The van der Waals surface area contributed by atoms with Gasteiger partial charge in [0.1, 0.15) is 17.7 Å². The third-order valence-corrected chi connectivity index (χ3v) is 7.22. The van der Waals surface area contributed by atoms with Crippen LogP contribution in [0.1, 0.15) is 97.4 Å². The summed E-state index contributed by atoms with van der Waals surface area (Å²) >= 11 is 0. The Hall–Kier alpha value is -4.11. The van der Waals surface area contributed by atoms with Crippen LogP contribution in [0.25, 0.3) is 0 Å². The molecule has 4 N–H and O–H groups in total. The number of carbonyl (C=O) groups is 3. The highest BCUT2D eigenvalue weighted by atomic mass is 16.2. The minimum absolute atomic E-state index is 0.0831. The van der Waals surface area contributed by atoms with E-state index in [2.05, 4.69) is 57.4 Å². The predicted molar refractivity (Wildman–Crippen MR) is 151 cm³/mol. The summed E-state index contributed by atoms with van der Waals surface area (Å²) in [6.45, 7) is 6.58. The molecule has 0 bridgehead atoms. The number of amides is 2. The number of benzene rings is 2. The SMILES string of the molecule is CCCc1ccc(CNC(=O)c2cc(C(=O)N[C@H]3CCc4c3ccc(C=O)c4C)nc(NNC)n2)cc1CC. The van der Waals surface area contributed by atoms with Gasteiger partial charge in [-0.05, 0) is 66.0 Å². The molecule has 0 aliphatic heterocycles. The number of nitrogens with one attached hydrogen (secondary N) is 4. The lowest BCUT2D eigenvalue weighted by molar-refractivity contribution is 0.0931. The Morgan fingerprint density at radius 2 is 1.79 bits per heavy atom. The molecule has 0 fully saturated rings. The van der Waals surface area contributed by atoms with Gasteiger partial charge in [0.15, 0.2) is 0 Å². The van der Waals surface area contributed by atoms with Gasteiger partial charge in [-0.3, -0.25) is 19.8 Å². The molecule has 9 heteroatoms. The minimum Gasteiger partial charge on any atom is -0.347 e. The van der Waals surface area contributed by atoms with E-state index >= 15 is 0 Å². The molecule has 4 rings (SSSR count). The number of hydrogen-bond acceptors (Lipinski definition) is 7. The van der Waals surface area contributed by atoms with Crippen LogP contribution in [0.3, 0.4) is 0 Å². The van der Waals surface area contributed by atoms with Crippen LogP contribution in [-0.2, 0) is 25.8 Å². The minimum atomic E-state index is -0.403. The molecule has 2 amide bonds. The Kier molecular flexibility index (Phi) is 9.03. The number of aromatic nitrogens is 2. The maximum absolute atomic E-state index is 13.2. The lowest BCUT2D eigenvalue weighted by Gasteiger charge is -2.16. The number of nitrogens with zero attached hydrogens (tertiary/aromatic N) is 2. The highest BCUT2D eigenvalue weighted by molar-refractivity contribution is 5.98. The lowest BCUT2D eigenvalue weighted by Crippen LogP contribution is -2.30. The van der Waals surface area contributed by atoms with Crippen LogP contribution in [0.2, 0.25) is 0 Å². The standard InChI is InChI=1S/C30H36N6O3/c1-5-7-21-9-8-19(14-20(21)6-2)16-32-28(38)26-15-27(35-30(34-26)36-31-4)29(39)33-25-13-12-23-18(3)22(17-37)10-11-24(23)25/h8-11,14-15,17,25,31H,5-7,12-13,16H2,1-4H3,(H,32,38)(H,33,39)(H,34,35,36)/t25-/m0/s1. The summed E-state index contributed by atoms with van der Waals surface area (Å²) in [5.74, 6) is -0.685. The van der Waals surface area contributed by atoms with E-state index in [0.29, 0.717) is 12.1 Å². The fraction of sp³-hybridized carbons (Fsp3) is 0.367. The van der Waals surface area contributed by atoms with Crippen LogP contribution in [0.5, 0.6) is 0 Å². The summed E-state index contributed by atoms with van der Waals surface area (Å²) in [5, 5.41) is 5.96. The fourth-order valence-corrected chi connectivity index (χ4v) is 5.16. The van der Waals surface area contributed by atoms with Crippen molar-refractivity contribution in [3.63, 3.8) is 0 Å². The second-order valence-corrected chi connectivity index (χ2v) is 9.76. The molecule has 1 aliphatic carbocycles. The number of hydrazine groups is 1. The molecule has 9 nitrogen and oxygen atoms in total. The van der Waals surface area contributed by atoms with Gasteiger partial charge in [0.05, 0.1) is 6.04 Å². The Morgan fingerprint density at radius 1 is 1.03 bits per heavy atom. The zero-order chi connectivity index (χ0) is 27.9. The van der Waals surface area contributed by atoms with Crippen molar-refractivity contribution < 1.29 is 14.4 Å². The molecule has 1 aliphatic rings. The number of aldehydes is 1. The molecule has 1 aromatic heterocycles. The molecule has 39 heavy (non-hydrogen) atoms. The molecule has 0 radical (unpaired) electrons. The van der Waals surface area contributed by atoms with E-state index in [1.54, 1.807) is 13.1 Å². The molecule has 0 spiro atoms. The Labute approximate surface area is 229 Å². The van der Waals surface area contributed by atoms with E-state index in [1.807, 2.05) is 19.1 Å². The Bertz CT molecular complexity index is 1390. The molecule has 0 unspecified atom stereocenters. The zero-order valence-electron chi connectivity index (χ0n) is 23.0. The summed E-state index contributed by atoms with van der Waals surface area (Å²) in [4.78, 5) is 46.2. The molecular formula is C30H36N6O3. The second-order valence-electron chi connectivity index (χ2n) is 9.76. The maximum Gasteiger partial charge on any atom is 0.270 e. The van der Waals surface area contributed by atoms with E-state index in [4.69, 9.17) is 0 Å². The van der Waals surface area contributed by atoms with Gasteiger partial charge in [-0.2, -0.15) is 0 Å². The van der Waals surface area contributed by atoms with Crippen LogP contribution in [-0.4, -0.2) is 35.1 Å². The maximum atomic E-state index is 13.2. The first-order valence-corrected chi connectivity index (χ1v) is 13.5. The molecular weight excluding hydrogens is 492 g/mol. The largest absolute Gasteiger partial charge is 0.347 e. The van der Waals surface area contributed by atoms with Crippen molar-refractivity contribution in [3.8, 4) is 0 Å². The van der Waals surface area contributed by atoms with E-state index < -0.39 is 11.8 Å². The van der Waals surface area contributed by atoms with Gasteiger partial charge in [-0.1, -0.05) is 50.6 Å². The number of carbonyl (C=O) groups excluding carboxylic acids is 3. The molecule has 0 saturated heterocycles. The van der Waals surface area contributed by atoms with E-state index in [0.717, 1.165) is 60.6 Å². The molecule has 2 aromatic carbocycles.